The summed E-state index contributed by atoms with van der Waals surface area (Å²) in [5.41, 5.74) is 18.3. The van der Waals surface area contributed by atoms with Gasteiger partial charge in [0.15, 0.2) is 11.6 Å². The molecular formula is C70H46N2O2. The van der Waals surface area contributed by atoms with Crippen LogP contribution in [0.3, 0.4) is 0 Å². The third-order valence-electron chi connectivity index (χ3n) is 19.2. The van der Waals surface area contributed by atoms with Crippen molar-refractivity contribution in [3.05, 3.63) is 273 Å². The molecule has 13 aromatic rings. The quantitative estimate of drug-likeness (QED) is 0.173. The number of rotatable bonds is 2. The number of fused-ring (bicyclic) bond motifs is 9. The summed E-state index contributed by atoms with van der Waals surface area (Å²) in [6.07, 6.45) is 0. The Labute approximate surface area is 427 Å². The van der Waals surface area contributed by atoms with Gasteiger partial charge in [-0.25, -0.2) is 0 Å². The molecule has 0 aliphatic heterocycles. The van der Waals surface area contributed by atoms with Crippen molar-refractivity contribution in [3.8, 4) is 16.8 Å². The van der Waals surface area contributed by atoms with E-state index in [1.807, 2.05) is 0 Å². The number of nitrogens with zero attached hydrogens (tertiary/aromatic N) is 2. The Bertz CT molecular complexity index is 4460. The summed E-state index contributed by atoms with van der Waals surface area (Å²) in [5, 5.41) is 6.81. The van der Waals surface area contributed by atoms with Crippen LogP contribution >= 0.6 is 0 Å². The summed E-state index contributed by atoms with van der Waals surface area (Å²) in [7, 11) is 0. The molecule has 3 heterocycles. The van der Waals surface area contributed by atoms with Crippen LogP contribution in [0, 0.1) is 0 Å². The zero-order valence-electron chi connectivity index (χ0n) is 41.3. The highest BCUT2D eigenvalue weighted by atomic mass is 16.1. The van der Waals surface area contributed by atoms with E-state index in [1.165, 1.54) is 33.0 Å². The average Bonchev–Trinajstić information content (AvgIpc) is 4.05. The van der Waals surface area contributed by atoms with Gasteiger partial charge in [-0.05, 0) is 155 Å². The van der Waals surface area contributed by atoms with E-state index < -0.39 is 21.7 Å². The van der Waals surface area contributed by atoms with Gasteiger partial charge < -0.3 is 8.97 Å². The molecule has 0 fully saturated rings. The lowest BCUT2D eigenvalue weighted by molar-refractivity contribution is 0.0916. The first-order valence-corrected chi connectivity index (χ1v) is 26.0. The van der Waals surface area contributed by atoms with Crippen LogP contribution in [0.2, 0.25) is 0 Å². The van der Waals surface area contributed by atoms with E-state index in [0.29, 0.717) is 0 Å². The number of hydrogen-bond acceptors (Lipinski definition) is 2. The minimum absolute atomic E-state index is 0.110. The largest absolute Gasteiger partial charge is 0.309 e. The molecule has 0 amide bonds. The molecule has 0 N–H and O–H groups in total. The molecule has 74 heavy (non-hydrogen) atoms. The van der Waals surface area contributed by atoms with Crippen LogP contribution in [-0.2, 0) is 21.7 Å². The molecule has 0 saturated heterocycles. The second-order valence-electron chi connectivity index (χ2n) is 22.3. The Morgan fingerprint density at radius 2 is 0.716 bits per heavy atom. The smallest absolute Gasteiger partial charge is 0.177 e. The number of ketones is 2. The van der Waals surface area contributed by atoms with Crippen LogP contribution in [0.1, 0.15) is 104 Å². The highest BCUT2D eigenvalue weighted by Gasteiger charge is 2.57. The second kappa shape index (κ2) is 13.2. The normalized spacial score (nSPS) is 22.1. The van der Waals surface area contributed by atoms with Gasteiger partial charge in [0, 0.05) is 60.0 Å². The average molecular weight is 947 g/mol. The van der Waals surface area contributed by atoms with Crippen molar-refractivity contribution >= 4 is 71.5 Å². The van der Waals surface area contributed by atoms with Gasteiger partial charge in [0.1, 0.15) is 0 Å². The molecule has 4 bridgehead atoms. The molecular weight excluding hydrogens is 901 g/mol. The van der Waals surface area contributed by atoms with Crippen molar-refractivity contribution < 1.29 is 9.59 Å². The molecule has 4 heteroatoms. The van der Waals surface area contributed by atoms with E-state index in [-0.39, 0.29) is 11.6 Å². The fraction of sp³-hybridized carbons (Fsp3) is 0.114. The van der Waals surface area contributed by atoms with Crippen LogP contribution in [0.5, 0.6) is 0 Å². The molecule has 3 aromatic heterocycles. The van der Waals surface area contributed by atoms with Gasteiger partial charge in [-0.3, -0.25) is 9.59 Å². The molecule has 6 aliphatic rings. The maximum absolute atomic E-state index is 16.0. The van der Waals surface area contributed by atoms with E-state index in [2.05, 4.69) is 243 Å². The minimum Gasteiger partial charge on any atom is -0.309 e. The Balaban J connectivity index is 1.04. The van der Waals surface area contributed by atoms with Gasteiger partial charge in [0.2, 0.25) is 0 Å². The standard InChI is InChI=1S/C70H46N2O2/c1-67-49-23-9-13-27-53(49)69(3,54-28-14-10-24-50(54)67)65(73)47-37-61-43(35-57(47)67)45-33-39(41-22-18-32-60-63(41)42-21-8-17-31-59(42)71(60)40-19-6-5-7-20-40)34-46-44-36-58-48(38-62(44)72(61)64(45)46)66(74)70(4)55-29-15-11-25-51(55)68(58,2)52-26-12-16-30-56(52)70/h5-38H,1-4H3. The first-order valence-electron chi connectivity index (χ1n) is 26.0. The molecule has 6 aliphatic carbocycles. The van der Waals surface area contributed by atoms with Gasteiger partial charge >= 0.3 is 0 Å². The van der Waals surface area contributed by atoms with Crippen molar-refractivity contribution in [2.24, 2.45) is 0 Å². The Hall–Kier alpha value is -8.86. The van der Waals surface area contributed by atoms with Gasteiger partial charge in [-0.2, -0.15) is 0 Å². The summed E-state index contributed by atoms with van der Waals surface area (Å²) < 4.78 is 4.79. The number of Topliss-reactive ketones (excluding diaryl/α,β-unsaturated/α-hetero) is 2. The predicted octanol–water partition coefficient (Wildman–Crippen LogP) is 15.9. The monoisotopic (exact) mass is 946 g/mol. The lowest BCUT2D eigenvalue weighted by Crippen LogP contribution is -2.40. The van der Waals surface area contributed by atoms with Crippen LogP contribution in [-0.4, -0.2) is 20.5 Å². The molecule has 0 spiro atoms. The predicted molar refractivity (Wildman–Crippen MR) is 299 cm³/mol. The summed E-state index contributed by atoms with van der Waals surface area (Å²) in [4.78, 5) is 31.9. The van der Waals surface area contributed by atoms with Gasteiger partial charge in [-0.1, -0.05) is 146 Å². The van der Waals surface area contributed by atoms with E-state index in [1.54, 1.807) is 0 Å². The zero-order valence-corrected chi connectivity index (χ0v) is 41.3. The third-order valence-corrected chi connectivity index (χ3v) is 19.2. The zero-order chi connectivity index (χ0) is 49.4. The highest BCUT2D eigenvalue weighted by molar-refractivity contribution is 6.28. The van der Waals surface area contributed by atoms with Crippen LogP contribution in [0.4, 0.5) is 0 Å². The fourth-order valence-electron chi connectivity index (χ4n) is 15.7. The molecule has 19 rings (SSSR count). The van der Waals surface area contributed by atoms with Crippen molar-refractivity contribution in [1.82, 2.24) is 8.97 Å². The number of carbonyl (C=O) groups is 2. The number of hydrogen-bond donors (Lipinski definition) is 0. The number of benzene rings is 10. The summed E-state index contributed by atoms with van der Waals surface area (Å²) in [5.74, 6) is 0.221. The van der Waals surface area contributed by atoms with Crippen molar-refractivity contribution in [3.63, 3.8) is 0 Å². The van der Waals surface area contributed by atoms with Crippen molar-refractivity contribution in [2.75, 3.05) is 0 Å². The first-order chi connectivity index (χ1) is 36.1. The Morgan fingerprint density at radius 3 is 1.19 bits per heavy atom. The molecule has 0 atom stereocenters. The fourth-order valence-corrected chi connectivity index (χ4v) is 15.7. The van der Waals surface area contributed by atoms with Gasteiger partial charge in [0.05, 0.1) is 38.4 Å². The van der Waals surface area contributed by atoms with E-state index in [4.69, 9.17) is 0 Å². The summed E-state index contributed by atoms with van der Waals surface area (Å²) >= 11 is 0. The van der Waals surface area contributed by atoms with Crippen LogP contribution in [0.15, 0.2) is 206 Å². The van der Waals surface area contributed by atoms with E-state index >= 15 is 9.59 Å². The van der Waals surface area contributed by atoms with Crippen LogP contribution in [0.25, 0.3) is 76.7 Å². The molecule has 10 aromatic carbocycles. The topological polar surface area (TPSA) is 43.5 Å². The van der Waals surface area contributed by atoms with Gasteiger partial charge in [0.25, 0.3) is 0 Å². The molecule has 0 radical (unpaired) electrons. The lowest BCUT2D eigenvalue weighted by atomic mass is 9.59. The van der Waals surface area contributed by atoms with E-state index in [9.17, 15) is 0 Å². The maximum Gasteiger partial charge on any atom is 0.177 e. The SMILES string of the molecule is CC12C(=O)c3cc4c(cc3C(C)(c3ccccc31)c1ccccc12)c1cc(-c2cccc3c2c2ccccc2n3-c2ccccc2)cc2c3cc5c(cc3n4c12)C(=O)C1(C)c2ccccc2C5(C)c2ccccc21. The van der Waals surface area contributed by atoms with E-state index in [0.717, 1.165) is 110 Å². The second-order valence-corrected chi connectivity index (χ2v) is 22.3. The molecule has 0 saturated carbocycles. The molecule has 0 unspecified atom stereocenters. The maximum atomic E-state index is 16.0. The third kappa shape index (κ3) is 4.37. The molecule has 4 nitrogen and oxygen atoms in total. The van der Waals surface area contributed by atoms with Crippen LogP contribution < -0.4 is 0 Å². The lowest BCUT2D eigenvalue weighted by Gasteiger charge is -2.43. The summed E-state index contributed by atoms with van der Waals surface area (Å²) in [6.45, 7) is 8.95. The Morgan fingerprint density at radius 1 is 0.311 bits per heavy atom. The number of carbonyl (C=O) groups excluding carboxylic acids is 2. The van der Waals surface area contributed by atoms with Crippen molar-refractivity contribution in [2.45, 2.75) is 49.4 Å². The van der Waals surface area contributed by atoms with Gasteiger partial charge in [-0.15, -0.1) is 0 Å². The minimum atomic E-state index is -0.894. The molecule has 348 valence electrons. The Kier molecular flexibility index (Phi) is 7.27. The highest BCUT2D eigenvalue weighted by Crippen LogP contribution is 2.61. The number of para-hydroxylation sites is 2. The summed E-state index contributed by atoms with van der Waals surface area (Å²) in [6, 6.07) is 74.7. The van der Waals surface area contributed by atoms with Crippen molar-refractivity contribution in [1.29, 1.82) is 0 Å². The number of aromatic nitrogens is 2. The first kappa shape index (κ1) is 40.7.